The van der Waals surface area contributed by atoms with E-state index < -0.39 is 11.8 Å². The highest BCUT2D eigenvalue weighted by Gasteiger charge is 2.27. The van der Waals surface area contributed by atoms with Gasteiger partial charge in [-0.25, -0.2) is 9.18 Å². The maximum Gasteiger partial charge on any atom is 0.335 e. The first-order valence-electron chi connectivity index (χ1n) is 3.44. The Hall–Kier alpha value is -1.16. The van der Waals surface area contributed by atoms with Gasteiger partial charge in [-0.3, -0.25) is 0 Å². The molecule has 12 heavy (non-hydrogen) atoms. The van der Waals surface area contributed by atoms with E-state index in [0.29, 0.717) is 0 Å². The Kier molecular flexibility index (Phi) is 2.28. The quantitative estimate of drug-likeness (QED) is 0.682. The van der Waals surface area contributed by atoms with Crippen molar-refractivity contribution in [3.63, 3.8) is 0 Å². The zero-order valence-corrected chi connectivity index (χ0v) is 6.58. The van der Waals surface area contributed by atoms with E-state index in [9.17, 15) is 9.18 Å². The number of hydrogen-bond donors (Lipinski definition) is 1. The van der Waals surface area contributed by atoms with Crippen LogP contribution in [0.15, 0.2) is 23.8 Å². The summed E-state index contributed by atoms with van der Waals surface area (Å²) >= 11 is 0. The maximum absolute atomic E-state index is 13.2. The summed E-state index contributed by atoms with van der Waals surface area (Å²) in [5.74, 6) is -2.89. The lowest BCUT2D eigenvalue weighted by molar-refractivity contribution is -0.132. The van der Waals surface area contributed by atoms with Crippen LogP contribution in [0.1, 0.15) is 6.42 Å². The molecule has 66 valence electrons. The molecule has 0 fully saturated rings. The first-order chi connectivity index (χ1) is 5.57. The molecule has 0 bridgehead atoms. The molecule has 0 saturated carbocycles. The predicted octanol–water partition coefficient (Wildman–Crippen LogP) is 1.27. The van der Waals surface area contributed by atoms with Gasteiger partial charge in [-0.2, -0.15) is 0 Å². The van der Waals surface area contributed by atoms with Crippen molar-refractivity contribution in [3.8, 4) is 0 Å². The second kappa shape index (κ2) is 3.06. The molecule has 1 unspecified atom stereocenters. The number of alkyl halides is 1. The van der Waals surface area contributed by atoms with E-state index >= 15 is 0 Å². The van der Waals surface area contributed by atoms with Gasteiger partial charge in [0, 0.05) is 13.5 Å². The normalized spacial score (nSPS) is 28.3. The van der Waals surface area contributed by atoms with Gasteiger partial charge in [0.2, 0.25) is 5.85 Å². The van der Waals surface area contributed by atoms with Gasteiger partial charge in [-0.1, -0.05) is 6.08 Å². The summed E-state index contributed by atoms with van der Waals surface area (Å²) in [5.41, 5.74) is 0.0975. The standard InChI is InChI=1S/C8H9FO3/c1-12-8(9)4-2-6(3-5-8)7(10)11/h2-4H,5H2,1H3,(H,10,11). The molecule has 0 aromatic carbocycles. The van der Waals surface area contributed by atoms with Crippen LogP contribution in [0.4, 0.5) is 4.39 Å². The molecule has 0 aromatic heterocycles. The van der Waals surface area contributed by atoms with Crippen LogP contribution in [0.5, 0.6) is 0 Å². The van der Waals surface area contributed by atoms with Gasteiger partial charge in [-0.15, -0.1) is 0 Å². The third kappa shape index (κ3) is 1.71. The van der Waals surface area contributed by atoms with E-state index in [-0.39, 0.29) is 12.0 Å². The first-order valence-corrected chi connectivity index (χ1v) is 3.44. The van der Waals surface area contributed by atoms with Crippen molar-refractivity contribution < 1.29 is 19.0 Å². The number of carboxylic acids is 1. The van der Waals surface area contributed by atoms with Gasteiger partial charge >= 0.3 is 5.97 Å². The fourth-order valence-corrected chi connectivity index (χ4v) is 0.909. The molecule has 0 aromatic rings. The number of methoxy groups -OCH3 is 1. The number of carbonyl (C=O) groups is 1. The number of hydrogen-bond acceptors (Lipinski definition) is 2. The third-order valence-electron chi connectivity index (χ3n) is 1.70. The number of carboxylic acid groups (broad SMARTS) is 1. The molecule has 1 aliphatic rings. The fraction of sp³-hybridized carbons (Fsp3) is 0.375. The van der Waals surface area contributed by atoms with Crippen LogP contribution in [-0.2, 0) is 9.53 Å². The largest absolute Gasteiger partial charge is 0.478 e. The third-order valence-corrected chi connectivity index (χ3v) is 1.70. The van der Waals surface area contributed by atoms with Crippen molar-refractivity contribution in [2.45, 2.75) is 12.3 Å². The lowest BCUT2D eigenvalue weighted by Crippen LogP contribution is -2.24. The molecule has 1 N–H and O–H groups in total. The highest BCUT2D eigenvalue weighted by Crippen LogP contribution is 2.25. The van der Waals surface area contributed by atoms with Crippen molar-refractivity contribution in [1.82, 2.24) is 0 Å². The van der Waals surface area contributed by atoms with Crippen molar-refractivity contribution in [3.05, 3.63) is 23.8 Å². The second-order valence-corrected chi connectivity index (χ2v) is 2.49. The SMILES string of the molecule is COC1(F)C=CC(C(=O)O)=CC1. The Morgan fingerprint density at radius 2 is 2.50 bits per heavy atom. The Balaban J connectivity index is 2.74. The molecular formula is C8H9FO3. The van der Waals surface area contributed by atoms with Crippen LogP contribution >= 0.6 is 0 Å². The van der Waals surface area contributed by atoms with Crippen LogP contribution < -0.4 is 0 Å². The van der Waals surface area contributed by atoms with Crippen molar-refractivity contribution in [1.29, 1.82) is 0 Å². The van der Waals surface area contributed by atoms with Crippen LogP contribution in [-0.4, -0.2) is 24.0 Å². The fourth-order valence-electron chi connectivity index (χ4n) is 0.909. The summed E-state index contributed by atoms with van der Waals surface area (Å²) in [7, 11) is 1.24. The molecule has 0 amide bonds. The number of halogens is 1. The molecule has 0 saturated heterocycles. The molecular weight excluding hydrogens is 163 g/mol. The summed E-state index contributed by atoms with van der Waals surface area (Å²) in [6, 6.07) is 0. The van der Waals surface area contributed by atoms with Gasteiger partial charge < -0.3 is 9.84 Å². The predicted molar refractivity (Wildman–Crippen MR) is 40.3 cm³/mol. The van der Waals surface area contributed by atoms with Crippen molar-refractivity contribution in [2.75, 3.05) is 7.11 Å². The number of ether oxygens (including phenoxy) is 1. The maximum atomic E-state index is 13.2. The molecule has 0 heterocycles. The molecule has 3 nitrogen and oxygen atoms in total. The molecule has 0 spiro atoms. The highest BCUT2D eigenvalue weighted by atomic mass is 19.2. The molecule has 0 aliphatic heterocycles. The van der Waals surface area contributed by atoms with Crippen LogP contribution in [0.2, 0.25) is 0 Å². The first kappa shape index (κ1) is 8.93. The Morgan fingerprint density at radius 1 is 1.83 bits per heavy atom. The second-order valence-electron chi connectivity index (χ2n) is 2.49. The van der Waals surface area contributed by atoms with Gasteiger partial charge in [0.15, 0.2) is 0 Å². The minimum absolute atomic E-state index is 0.0539. The average Bonchev–Trinajstić information content (AvgIpc) is 2.05. The molecule has 0 radical (unpaired) electrons. The Morgan fingerprint density at radius 3 is 2.83 bits per heavy atom. The zero-order chi connectivity index (χ0) is 9.19. The Bertz CT molecular complexity index is 257. The van der Waals surface area contributed by atoms with E-state index in [1.54, 1.807) is 0 Å². The Labute approximate surface area is 69.1 Å². The topological polar surface area (TPSA) is 46.5 Å². The summed E-state index contributed by atoms with van der Waals surface area (Å²) in [5, 5.41) is 8.50. The highest BCUT2D eigenvalue weighted by molar-refractivity contribution is 5.90. The number of rotatable bonds is 2. The van der Waals surface area contributed by atoms with Crippen LogP contribution in [0.3, 0.4) is 0 Å². The van der Waals surface area contributed by atoms with Gasteiger partial charge in [0.05, 0.1) is 5.57 Å². The van der Waals surface area contributed by atoms with Gasteiger partial charge in [0.1, 0.15) is 0 Å². The summed E-state index contributed by atoms with van der Waals surface area (Å²) in [4.78, 5) is 10.4. The minimum Gasteiger partial charge on any atom is -0.478 e. The van der Waals surface area contributed by atoms with E-state index in [4.69, 9.17) is 5.11 Å². The van der Waals surface area contributed by atoms with Crippen LogP contribution in [0, 0.1) is 0 Å². The summed E-state index contributed by atoms with van der Waals surface area (Å²) in [6.07, 6.45) is 3.55. The van der Waals surface area contributed by atoms with Gasteiger partial charge in [-0.05, 0) is 12.2 Å². The molecule has 1 aliphatic carbocycles. The minimum atomic E-state index is -1.83. The van der Waals surface area contributed by atoms with Crippen molar-refractivity contribution >= 4 is 5.97 Å². The summed E-state index contributed by atoms with van der Waals surface area (Å²) in [6.45, 7) is 0. The van der Waals surface area contributed by atoms with E-state index in [1.807, 2.05) is 0 Å². The van der Waals surface area contributed by atoms with Crippen molar-refractivity contribution in [2.24, 2.45) is 0 Å². The molecule has 4 heteroatoms. The zero-order valence-electron chi connectivity index (χ0n) is 6.58. The lowest BCUT2D eigenvalue weighted by atomic mass is 10.0. The van der Waals surface area contributed by atoms with E-state index in [2.05, 4.69) is 4.74 Å². The van der Waals surface area contributed by atoms with E-state index in [1.165, 1.54) is 19.3 Å². The van der Waals surface area contributed by atoms with Crippen LogP contribution in [0.25, 0.3) is 0 Å². The smallest absolute Gasteiger partial charge is 0.335 e. The molecule has 1 rings (SSSR count). The summed E-state index contributed by atoms with van der Waals surface area (Å²) < 4.78 is 17.7. The van der Waals surface area contributed by atoms with E-state index in [0.717, 1.165) is 6.08 Å². The lowest BCUT2D eigenvalue weighted by Gasteiger charge is -2.20. The molecule has 1 atom stereocenters. The van der Waals surface area contributed by atoms with Gasteiger partial charge in [0.25, 0.3) is 0 Å². The monoisotopic (exact) mass is 172 g/mol. The average molecular weight is 172 g/mol. The number of aliphatic carboxylic acids is 1.